The van der Waals surface area contributed by atoms with E-state index in [1.807, 2.05) is 22.3 Å². The molecule has 4 rings (SSSR count). The molecule has 1 fully saturated rings. The lowest BCUT2D eigenvalue weighted by Gasteiger charge is -2.35. The van der Waals surface area contributed by atoms with Gasteiger partial charge in [0.2, 0.25) is 5.91 Å². The Bertz CT molecular complexity index is 965. The maximum atomic E-state index is 12.4. The minimum Gasteiger partial charge on any atom is -0.373 e. The van der Waals surface area contributed by atoms with Crippen LogP contribution in [0.25, 0.3) is 21.8 Å². The molecule has 9 heteroatoms. The number of hydrogen-bond donors (Lipinski definition) is 1. The number of carbonyl (C=O) groups excluding carboxylic acids is 1. The molecule has 4 heterocycles. The molecule has 3 aromatic rings. The fourth-order valence-corrected chi connectivity index (χ4v) is 4.76. The predicted molar refractivity (Wildman–Crippen MR) is 121 cm³/mol. The van der Waals surface area contributed by atoms with Crippen LogP contribution < -0.4 is 5.32 Å². The predicted octanol–water partition coefficient (Wildman–Crippen LogP) is 2.68. The fourth-order valence-electron chi connectivity index (χ4n) is 3.97. The van der Waals surface area contributed by atoms with Crippen LogP contribution in [0.1, 0.15) is 20.3 Å². The first-order valence-corrected chi connectivity index (χ1v) is 11.5. The standard InChI is InChI=1S/C22H28N6O2S/c1-16-14-27(15-17(2)30-16)9-5-21(29)25-8-10-28-22(20-4-3-11-31-20)18(12-26-28)19-13-23-6-7-24-19/h3-4,6-7,11-13,16-17H,5,8-10,14-15H2,1-2H3,(H,25,29). The quantitative estimate of drug-likeness (QED) is 0.580. The van der Waals surface area contributed by atoms with E-state index in [1.54, 1.807) is 29.9 Å². The van der Waals surface area contributed by atoms with Crippen molar-refractivity contribution >= 4 is 17.2 Å². The Balaban J connectivity index is 1.34. The van der Waals surface area contributed by atoms with Crippen LogP contribution in [0.3, 0.4) is 0 Å². The van der Waals surface area contributed by atoms with E-state index in [2.05, 4.69) is 45.2 Å². The lowest BCUT2D eigenvalue weighted by molar-refractivity contribution is -0.122. The van der Waals surface area contributed by atoms with Gasteiger partial charge in [-0.25, -0.2) is 0 Å². The molecule has 0 aliphatic carbocycles. The number of rotatable bonds is 8. The number of thiophene rings is 1. The van der Waals surface area contributed by atoms with E-state index in [0.29, 0.717) is 19.5 Å². The van der Waals surface area contributed by atoms with Gasteiger partial charge in [-0.05, 0) is 25.3 Å². The molecule has 1 aliphatic heterocycles. The molecule has 0 aromatic carbocycles. The first-order valence-electron chi connectivity index (χ1n) is 10.6. The lowest BCUT2D eigenvalue weighted by atomic mass is 10.1. The van der Waals surface area contributed by atoms with E-state index < -0.39 is 0 Å². The zero-order valence-corrected chi connectivity index (χ0v) is 18.7. The molecule has 1 amide bonds. The van der Waals surface area contributed by atoms with Crippen molar-refractivity contribution in [2.45, 2.75) is 39.0 Å². The Hall–Kier alpha value is -2.62. The number of amides is 1. The van der Waals surface area contributed by atoms with E-state index in [1.165, 1.54) is 0 Å². The summed E-state index contributed by atoms with van der Waals surface area (Å²) in [6.45, 7) is 7.77. The third kappa shape index (κ3) is 5.55. The van der Waals surface area contributed by atoms with E-state index in [9.17, 15) is 4.79 Å². The summed E-state index contributed by atoms with van der Waals surface area (Å²) in [6, 6.07) is 4.09. The number of nitrogens with one attached hydrogen (secondary N) is 1. The molecule has 0 spiro atoms. The molecule has 1 aliphatic rings. The molecule has 3 aromatic heterocycles. The molecule has 8 nitrogen and oxygen atoms in total. The summed E-state index contributed by atoms with van der Waals surface area (Å²) in [5, 5.41) is 9.64. The van der Waals surface area contributed by atoms with Gasteiger partial charge in [0.05, 0.1) is 47.4 Å². The van der Waals surface area contributed by atoms with Gasteiger partial charge in [-0.15, -0.1) is 11.3 Å². The molecule has 2 atom stereocenters. The van der Waals surface area contributed by atoms with Crippen LogP contribution in [0.15, 0.2) is 42.3 Å². The van der Waals surface area contributed by atoms with E-state index in [4.69, 9.17) is 4.74 Å². The molecule has 1 saturated heterocycles. The van der Waals surface area contributed by atoms with Crippen LogP contribution in [0.5, 0.6) is 0 Å². The Kier molecular flexibility index (Phi) is 7.06. The molecule has 0 radical (unpaired) electrons. The summed E-state index contributed by atoms with van der Waals surface area (Å²) >= 11 is 1.66. The van der Waals surface area contributed by atoms with Gasteiger partial charge < -0.3 is 10.1 Å². The van der Waals surface area contributed by atoms with Crippen molar-refractivity contribution in [2.24, 2.45) is 0 Å². The highest BCUT2D eigenvalue weighted by atomic mass is 32.1. The number of nitrogens with zero attached hydrogens (tertiary/aromatic N) is 5. The number of carbonyl (C=O) groups is 1. The Morgan fingerprint density at radius 2 is 2.06 bits per heavy atom. The van der Waals surface area contributed by atoms with Gasteiger partial charge in [0.15, 0.2) is 0 Å². The maximum Gasteiger partial charge on any atom is 0.221 e. The molecular formula is C22H28N6O2S. The highest BCUT2D eigenvalue weighted by molar-refractivity contribution is 7.13. The minimum absolute atomic E-state index is 0.0609. The van der Waals surface area contributed by atoms with Crippen molar-refractivity contribution in [3.63, 3.8) is 0 Å². The third-order valence-electron chi connectivity index (χ3n) is 5.23. The van der Waals surface area contributed by atoms with Crippen LogP contribution in [0.2, 0.25) is 0 Å². The van der Waals surface area contributed by atoms with Crippen LogP contribution >= 0.6 is 11.3 Å². The molecule has 1 N–H and O–H groups in total. The van der Waals surface area contributed by atoms with Gasteiger partial charge >= 0.3 is 0 Å². The first kappa shape index (κ1) is 21.6. The average Bonchev–Trinajstić information content (AvgIpc) is 3.42. The summed E-state index contributed by atoms with van der Waals surface area (Å²) < 4.78 is 7.69. The summed E-state index contributed by atoms with van der Waals surface area (Å²) in [5.74, 6) is 0.0609. The van der Waals surface area contributed by atoms with E-state index in [0.717, 1.165) is 41.5 Å². The topological polar surface area (TPSA) is 85.2 Å². The Labute approximate surface area is 186 Å². The van der Waals surface area contributed by atoms with E-state index >= 15 is 0 Å². The molecule has 0 bridgehead atoms. The van der Waals surface area contributed by atoms with Crippen LogP contribution in [0.4, 0.5) is 0 Å². The smallest absolute Gasteiger partial charge is 0.221 e. The van der Waals surface area contributed by atoms with Gasteiger partial charge in [-0.2, -0.15) is 5.10 Å². The van der Waals surface area contributed by atoms with Crippen molar-refractivity contribution in [1.82, 2.24) is 30.0 Å². The van der Waals surface area contributed by atoms with Gasteiger partial charge in [0, 0.05) is 50.6 Å². The largest absolute Gasteiger partial charge is 0.373 e. The average molecular weight is 441 g/mol. The zero-order chi connectivity index (χ0) is 21.6. The summed E-state index contributed by atoms with van der Waals surface area (Å²) in [7, 11) is 0. The van der Waals surface area contributed by atoms with Crippen molar-refractivity contribution in [3.8, 4) is 21.8 Å². The number of aromatic nitrogens is 4. The third-order valence-corrected chi connectivity index (χ3v) is 6.11. The van der Waals surface area contributed by atoms with Crippen molar-refractivity contribution in [1.29, 1.82) is 0 Å². The normalized spacial score (nSPS) is 19.4. The van der Waals surface area contributed by atoms with Crippen LogP contribution in [-0.2, 0) is 16.1 Å². The minimum atomic E-state index is 0.0609. The van der Waals surface area contributed by atoms with Crippen molar-refractivity contribution < 1.29 is 9.53 Å². The molecule has 0 saturated carbocycles. The van der Waals surface area contributed by atoms with Crippen molar-refractivity contribution in [2.75, 3.05) is 26.2 Å². The molecule has 2 unspecified atom stereocenters. The second-order valence-electron chi connectivity index (χ2n) is 7.81. The number of hydrogen-bond acceptors (Lipinski definition) is 7. The second-order valence-corrected chi connectivity index (χ2v) is 8.76. The van der Waals surface area contributed by atoms with Gasteiger partial charge in [-0.1, -0.05) is 6.07 Å². The highest BCUT2D eigenvalue weighted by Gasteiger charge is 2.22. The lowest BCUT2D eigenvalue weighted by Crippen LogP contribution is -2.46. The Morgan fingerprint density at radius 1 is 1.23 bits per heavy atom. The van der Waals surface area contributed by atoms with Gasteiger partial charge in [-0.3, -0.25) is 24.3 Å². The maximum absolute atomic E-state index is 12.4. The highest BCUT2D eigenvalue weighted by Crippen LogP contribution is 2.33. The SMILES string of the molecule is CC1CN(CCC(=O)NCCn2ncc(-c3cnccn3)c2-c2cccs2)CC(C)O1. The summed E-state index contributed by atoms with van der Waals surface area (Å²) in [5.41, 5.74) is 2.73. The van der Waals surface area contributed by atoms with Gasteiger partial charge in [0.25, 0.3) is 0 Å². The fraction of sp³-hybridized carbons (Fsp3) is 0.455. The number of morpholine rings is 1. The first-order chi connectivity index (χ1) is 15.1. The second kappa shape index (κ2) is 10.1. The van der Waals surface area contributed by atoms with Crippen LogP contribution in [0, 0.1) is 0 Å². The number of ether oxygens (including phenoxy) is 1. The monoisotopic (exact) mass is 440 g/mol. The molecular weight excluding hydrogens is 412 g/mol. The van der Waals surface area contributed by atoms with Gasteiger partial charge in [0.1, 0.15) is 0 Å². The van der Waals surface area contributed by atoms with E-state index in [-0.39, 0.29) is 18.1 Å². The summed E-state index contributed by atoms with van der Waals surface area (Å²) in [6.07, 6.45) is 7.82. The summed E-state index contributed by atoms with van der Waals surface area (Å²) in [4.78, 5) is 24.4. The van der Waals surface area contributed by atoms with Crippen molar-refractivity contribution in [3.05, 3.63) is 42.3 Å². The molecule has 164 valence electrons. The Morgan fingerprint density at radius 3 is 2.77 bits per heavy atom. The van der Waals surface area contributed by atoms with Crippen LogP contribution in [-0.4, -0.2) is 68.9 Å². The zero-order valence-electron chi connectivity index (χ0n) is 17.9. The molecule has 31 heavy (non-hydrogen) atoms.